The van der Waals surface area contributed by atoms with Crippen LogP contribution in [0.5, 0.6) is 23.0 Å². The zero-order valence-electron chi connectivity index (χ0n) is 27.5. The van der Waals surface area contributed by atoms with Crippen LogP contribution in [0.4, 0.5) is 0 Å². The average molecular weight is 647 g/mol. The SMILES string of the molecule is Cc1cc(OCc2ccccc2)c2c(c1)O[C@@H](c1ccc(OCc3ccccc3)c(OCc3ccccc3)c1)C(OCc1ccccc1)=C2. The fourth-order valence-corrected chi connectivity index (χ4v) is 5.71. The Morgan fingerprint density at radius 1 is 0.469 bits per heavy atom. The highest BCUT2D eigenvalue weighted by Gasteiger charge is 2.29. The van der Waals surface area contributed by atoms with Crippen molar-refractivity contribution >= 4 is 6.08 Å². The molecule has 0 bridgehead atoms. The quantitative estimate of drug-likeness (QED) is 0.125. The first-order valence-corrected chi connectivity index (χ1v) is 16.5. The topological polar surface area (TPSA) is 46.2 Å². The minimum absolute atomic E-state index is 0.392. The summed E-state index contributed by atoms with van der Waals surface area (Å²) in [6.45, 7) is 3.71. The lowest BCUT2D eigenvalue weighted by atomic mass is 9.99. The fourth-order valence-electron chi connectivity index (χ4n) is 5.71. The largest absolute Gasteiger partial charge is 0.489 e. The van der Waals surface area contributed by atoms with Crippen molar-refractivity contribution in [3.63, 3.8) is 0 Å². The maximum absolute atomic E-state index is 6.81. The van der Waals surface area contributed by atoms with Gasteiger partial charge in [0, 0.05) is 5.56 Å². The number of hydrogen-bond acceptors (Lipinski definition) is 5. The van der Waals surface area contributed by atoms with Gasteiger partial charge in [-0.3, -0.25) is 0 Å². The molecule has 0 spiro atoms. The Balaban J connectivity index is 1.22. The van der Waals surface area contributed by atoms with Crippen molar-refractivity contribution in [3.8, 4) is 23.0 Å². The second-order valence-electron chi connectivity index (χ2n) is 12.0. The van der Waals surface area contributed by atoms with E-state index >= 15 is 0 Å². The molecule has 0 N–H and O–H groups in total. The predicted molar refractivity (Wildman–Crippen MR) is 193 cm³/mol. The molecule has 1 atom stereocenters. The normalized spacial score (nSPS) is 13.4. The molecule has 5 nitrogen and oxygen atoms in total. The van der Waals surface area contributed by atoms with Crippen LogP contribution in [0.15, 0.2) is 157 Å². The molecule has 7 rings (SSSR count). The summed E-state index contributed by atoms with van der Waals surface area (Å²) in [6, 6.07) is 50.6. The Morgan fingerprint density at radius 2 is 0.939 bits per heavy atom. The van der Waals surface area contributed by atoms with Crippen LogP contribution in [0.25, 0.3) is 6.08 Å². The summed E-state index contributed by atoms with van der Waals surface area (Å²) < 4.78 is 32.5. The number of benzene rings is 6. The van der Waals surface area contributed by atoms with Gasteiger partial charge in [0.25, 0.3) is 0 Å². The van der Waals surface area contributed by atoms with E-state index in [2.05, 4.69) is 30.3 Å². The fraction of sp³-hybridized carbons (Fsp3) is 0.136. The van der Waals surface area contributed by atoms with Gasteiger partial charge in [-0.05, 0) is 65.1 Å². The van der Waals surface area contributed by atoms with E-state index in [1.807, 2.05) is 134 Å². The summed E-state index contributed by atoms with van der Waals surface area (Å²) in [4.78, 5) is 0. The minimum Gasteiger partial charge on any atom is -0.489 e. The van der Waals surface area contributed by atoms with E-state index in [1.165, 1.54) is 0 Å². The third-order valence-corrected chi connectivity index (χ3v) is 8.27. The van der Waals surface area contributed by atoms with Crippen LogP contribution in [-0.4, -0.2) is 0 Å². The molecule has 1 heterocycles. The van der Waals surface area contributed by atoms with Gasteiger partial charge in [-0.15, -0.1) is 0 Å². The Bertz CT molecular complexity index is 1990. The summed E-state index contributed by atoms with van der Waals surface area (Å²) in [5.41, 5.74) is 7.07. The number of rotatable bonds is 13. The number of fused-ring (bicyclic) bond motifs is 1. The molecular formula is C44H38O5. The molecule has 49 heavy (non-hydrogen) atoms. The van der Waals surface area contributed by atoms with Crippen molar-refractivity contribution in [1.82, 2.24) is 0 Å². The standard InChI is InChI=1S/C44H38O5/c1-32-24-40(46-29-34-16-8-3-9-17-34)38-27-43(48-31-36-20-12-5-13-21-36)44(49-41(38)25-32)37-22-23-39(45-28-33-14-6-2-7-15-33)42(26-37)47-30-35-18-10-4-11-19-35/h2-27,44H,28-31H2,1H3/t44-/m0/s1. The van der Waals surface area contributed by atoms with Gasteiger partial charge >= 0.3 is 0 Å². The molecule has 0 saturated heterocycles. The van der Waals surface area contributed by atoms with E-state index in [-0.39, 0.29) is 0 Å². The average Bonchev–Trinajstić information content (AvgIpc) is 3.16. The van der Waals surface area contributed by atoms with Gasteiger partial charge in [-0.1, -0.05) is 127 Å². The second-order valence-corrected chi connectivity index (χ2v) is 12.0. The van der Waals surface area contributed by atoms with E-state index in [1.54, 1.807) is 0 Å². The molecule has 0 saturated carbocycles. The first-order valence-electron chi connectivity index (χ1n) is 16.5. The van der Waals surface area contributed by atoms with Crippen molar-refractivity contribution in [2.45, 2.75) is 39.5 Å². The van der Waals surface area contributed by atoms with Gasteiger partial charge in [-0.2, -0.15) is 0 Å². The summed E-state index contributed by atoms with van der Waals surface area (Å²) in [7, 11) is 0. The van der Waals surface area contributed by atoms with E-state index in [0.29, 0.717) is 43.7 Å². The molecule has 244 valence electrons. The number of ether oxygens (including phenoxy) is 5. The van der Waals surface area contributed by atoms with Crippen LogP contribution < -0.4 is 18.9 Å². The zero-order chi connectivity index (χ0) is 33.3. The summed E-state index contributed by atoms with van der Waals surface area (Å²) in [5, 5.41) is 0. The number of aryl methyl sites for hydroxylation is 1. The predicted octanol–water partition coefficient (Wildman–Crippen LogP) is 10.4. The Kier molecular flexibility index (Phi) is 9.89. The van der Waals surface area contributed by atoms with Gasteiger partial charge in [0.15, 0.2) is 17.6 Å². The van der Waals surface area contributed by atoms with E-state index in [0.717, 1.165) is 50.4 Å². The summed E-state index contributed by atoms with van der Waals surface area (Å²) in [6.07, 6.45) is 1.53. The zero-order valence-corrected chi connectivity index (χ0v) is 27.5. The van der Waals surface area contributed by atoms with Crippen LogP contribution in [0.3, 0.4) is 0 Å². The molecule has 1 aliphatic heterocycles. The highest BCUT2D eigenvalue weighted by atomic mass is 16.5. The van der Waals surface area contributed by atoms with Crippen LogP contribution in [-0.2, 0) is 31.2 Å². The lowest BCUT2D eigenvalue weighted by molar-refractivity contribution is 0.106. The molecule has 0 radical (unpaired) electrons. The molecule has 0 aromatic heterocycles. The molecule has 0 fully saturated rings. The van der Waals surface area contributed by atoms with Crippen LogP contribution in [0.1, 0.15) is 45.0 Å². The van der Waals surface area contributed by atoms with Crippen molar-refractivity contribution in [3.05, 3.63) is 196 Å². The molecule has 0 unspecified atom stereocenters. The summed E-state index contributed by atoms with van der Waals surface area (Å²) in [5.74, 6) is 3.44. The van der Waals surface area contributed by atoms with E-state index < -0.39 is 6.10 Å². The van der Waals surface area contributed by atoms with Gasteiger partial charge in [0.1, 0.15) is 43.7 Å². The van der Waals surface area contributed by atoms with Crippen LogP contribution in [0, 0.1) is 6.92 Å². The molecule has 6 aromatic rings. The molecular weight excluding hydrogens is 608 g/mol. The molecule has 0 aliphatic carbocycles. The second kappa shape index (κ2) is 15.3. The molecule has 6 aromatic carbocycles. The first kappa shape index (κ1) is 31.6. The first-order chi connectivity index (χ1) is 24.2. The lowest BCUT2D eigenvalue weighted by Gasteiger charge is -2.29. The smallest absolute Gasteiger partial charge is 0.181 e. The van der Waals surface area contributed by atoms with Crippen molar-refractivity contribution < 1.29 is 23.7 Å². The monoisotopic (exact) mass is 646 g/mol. The van der Waals surface area contributed by atoms with E-state index in [9.17, 15) is 0 Å². The molecule has 1 aliphatic rings. The Hall–Kier alpha value is -5.94. The van der Waals surface area contributed by atoms with E-state index in [4.69, 9.17) is 23.7 Å². The van der Waals surface area contributed by atoms with Crippen molar-refractivity contribution in [1.29, 1.82) is 0 Å². The maximum Gasteiger partial charge on any atom is 0.181 e. The molecule has 5 heteroatoms. The Morgan fingerprint density at radius 3 is 1.47 bits per heavy atom. The van der Waals surface area contributed by atoms with Gasteiger partial charge in [-0.25, -0.2) is 0 Å². The van der Waals surface area contributed by atoms with Gasteiger partial charge in [0.05, 0.1) is 5.56 Å². The van der Waals surface area contributed by atoms with Crippen LogP contribution in [0.2, 0.25) is 0 Å². The highest BCUT2D eigenvalue weighted by Crippen LogP contribution is 2.44. The summed E-state index contributed by atoms with van der Waals surface area (Å²) >= 11 is 0. The third-order valence-electron chi connectivity index (χ3n) is 8.27. The van der Waals surface area contributed by atoms with Gasteiger partial charge in [0.2, 0.25) is 0 Å². The van der Waals surface area contributed by atoms with Gasteiger partial charge < -0.3 is 23.7 Å². The maximum atomic E-state index is 6.81. The Labute approximate surface area is 288 Å². The lowest BCUT2D eigenvalue weighted by Crippen LogP contribution is -2.18. The molecule has 0 amide bonds. The number of hydrogen-bond donors (Lipinski definition) is 0. The minimum atomic E-state index is -0.526. The van der Waals surface area contributed by atoms with Crippen molar-refractivity contribution in [2.24, 2.45) is 0 Å². The highest BCUT2D eigenvalue weighted by molar-refractivity contribution is 5.69. The van der Waals surface area contributed by atoms with Crippen molar-refractivity contribution in [2.75, 3.05) is 0 Å². The third kappa shape index (κ3) is 8.14. The van der Waals surface area contributed by atoms with Crippen LogP contribution >= 0.6 is 0 Å².